The summed E-state index contributed by atoms with van der Waals surface area (Å²) in [5, 5.41) is 15.6. The number of nitrogens with two attached hydrogens (primary N) is 2. The summed E-state index contributed by atoms with van der Waals surface area (Å²) in [6, 6.07) is 2.03. The first-order chi connectivity index (χ1) is 11.4. The van der Waals surface area contributed by atoms with Crippen molar-refractivity contribution in [3.8, 4) is 0 Å². The van der Waals surface area contributed by atoms with E-state index < -0.39 is 0 Å². The van der Waals surface area contributed by atoms with E-state index in [4.69, 9.17) is 35.9 Å². The normalized spacial score (nSPS) is 10.4. The van der Waals surface area contributed by atoms with Crippen molar-refractivity contribution < 1.29 is 0 Å². The quantitative estimate of drug-likeness (QED) is 0.303. The van der Waals surface area contributed by atoms with Gasteiger partial charge in [-0.25, -0.2) is 0 Å². The van der Waals surface area contributed by atoms with Crippen LogP contribution in [-0.2, 0) is 13.1 Å². The van der Waals surface area contributed by atoms with Crippen LogP contribution in [0, 0.1) is 0 Å². The Kier molecular flexibility index (Phi) is 9.38. The van der Waals surface area contributed by atoms with Gasteiger partial charge in [0.25, 0.3) is 0 Å². The molecule has 0 saturated heterocycles. The van der Waals surface area contributed by atoms with Crippen molar-refractivity contribution in [3.63, 3.8) is 0 Å². The Morgan fingerprint density at radius 2 is 1.58 bits per heavy atom. The van der Waals surface area contributed by atoms with Crippen molar-refractivity contribution in [2.24, 2.45) is 11.5 Å². The molecule has 0 unspecified atom stereocenters. The molecule has 24 heavy (non-hydrogen) atoms. The van der Waals surface area contributed by atoms with Gasteiger partial charge in [0, 0.05) is 53.4 Å². The second kappa shape index (κ2) is 11.0. The summed E-state index contributed by atoms with van der Waals surface area (Å²) < 4.78 is 0. The van der Waals surface area contributed by atoms with Gasteiger partial charge in [0.15, 0.2) is 10.2 Å². The van der Waals surface area contributed by atoms with Crippen molar-refractivity contribution in [1.82, 2.24) is 30.6 Å². The standard InChI is InChI=1S/C14H26N8S2/c1-21(13(15)23)5-3-17-8-11-7-12(20-19-9-11)10-18-4-6-22(2)14(16)24/h7,9,17-18H,3-6,8,10H2,1-2H3,(H2,15,23)(H2,16,24). The molecule has 0 amide bonds. The largest absolute Gasteiger partial charge is 0.376 e. The van der Waals surface area contributed by atoms with Gasteiger partial charge in [-0.3, -0.25) is 0 Å². The number of likely N-dealkylation sites (N-methyl/N-ethyl adjacent to an activating group) is 2. The average molecular weight is 371 g/mol. The number of thiocarbonyl (C=S) groups is 2. The van der Waals surface area contributed by atoms with E-state index >= 15 is 0 Å². The van der Waals surface area contributed by atoms with Gasteiger partial charge in [-0.2, -0.15) is 10.2 Å². The van der Waals surface area contributed by atoms with Crippen LogP contribution in [0.5, 0.6) is 0 Å². The molecular weight excluding hydrogens is 344 g/mol. The van der Waals surface area contributed by atoms with Crippen molar-refractivity contribution in [2.45, 2.75) is 13.1 Å². The summed E-state index contributed by atoms with van der Waals surface area (Å²) in [5.74, 6) is 0. The number of nitrogens with zero attached hydrogens (tertiary/aromatic N) is 4. The Hall–Kier alpha value is -1.62. The van der Waals surface area contributed by atoms with Crippen LogP contribution < -0.4 is 22.1 Å². The van der Waals surface area contributed by atoms with E-state index in [1.807, 2.05) is 30.0 Å². The summed E-state index contributed by atoms with van der Waals surface area (Å²) in [7, 11) is 3.74. The minimum absolute atomic E-state index is 0.394. The van der Waals surface area contributed by atoms with E-state index in [1.54, 1.807) is 6.20 Å². The highest BCUT2D eigenvalue weighted by Crippen LogP contribution is 1.99. The van der Waals surface area contributed by atoms with Gasteiger partial charge in [-0.05, 0) is 36.1 Å². The van der Waals surface area contributed by atoms with Gasteiger partial charge in [-0.1, -0.05) is 0 Å². The van der Waals surface area contributed by atoms with Crippen LogP contribution in [0.4, 0.5) is 0 Å². The molecule has 0 saturated carbocycles. The van der Waals surface area contributed by atoms with Crippen molar-refractivity contribution >= 4 is 34.7 Å². The molecule has 0 spiro atoms. The van der Waals surface area contributed by atoms with Gasteiger partial charge >= 0.3 is 0 Å². The van der Waals surface area contributed by atoms with Crippen LogP contribution in [0.15, 0.2) is 12.3 Å². The maximum Gasteiger partial charge on any atom is 0.166 e. The molecular formula is C14H26N8S2. The van der Waals surface area contributed by atoms with Crippen LogP contribution in [0.2, 0.25) is 0 Å². The van der Waals surface area contributed by atoms with E-state index in [9.17, 15) is 0 Å². The van der Waals surface area contributed by atoms with Crippen LogP contribution in [0.3, 0.4) is 0 Å². The smallest absolute Gasteiger partial charge is 0.166 e. The molecule has 1 heterocycles. The van der Waals surface area contributed by atoms with Gasteiger partial charge in [0.2, 0.25) is 0 Å². The molecule has 0 bridgehead atoms. The first kappa shape index (κ1) is 20.4. The Labute approximate surface area is 154 Å². The summed E-state index contributed by atoms with van der Waals surface area (Å²) in [6.07, 6.45) is 1.76. The Bertz CT molecular complexity index is 496. The first-order valence-electron chi connectivity index (χ1n) is 7.63. The molecule has 0 aliphatic carbocycles. The third-order valence-corrected chi connectivity index (χ3v) is 4.02. The number of hydrogen-bond acceptors (Lipinski definition) is 6. The lowest BCUT2D eigenvalue weighted by Crippen LogP contribution is -2.37. The van der Waals surface area contributed by atoms with E-state index in [2.05, 4.69) is 20.8 Å². The molecule has 6 N–H and O–H groups in total. The maximum absolute atomic E-state index is 5.53. The predicted octanol–water partition coefficient (Wildman–Crippen LogP) is -0.993. The highest BCUT2D eigenvalue weighted by molar-refractivity contribution is 7.80. The number of rotatable bonds is 10. The second-order valence-corrected chi connectivity index (χ2v) is 6.26. The molecule has 1 aromatic rings. The summed E-state index contributed by atoms with van der Waals surface area (Å²) >= 11 is 9.78. The third kappa shape index (κ3) is 8.29. The highest BCUT2D eigenvalue weighted by atomic mass is 32.1. The van der Waals surface area contributed by atoms with Gasteiger partial charge in [0.05, 0.1) is 11.9 Å². The molecule has 1 rings (SSSR count). The van der Waals surface area contributed by atoms with E-state index in [1.165, 1.54) is 0 Å². The fraction of sp³-hybridized carbons (Fsp3) is 0.571. The zero-order valence-electron chi connectivity index (χ0n) is 14.2. The number of aromatic nitrogens is 2. The van der Waals surface area contributed by atoms with Crippen LogP contribution in [0.25, 0.3) is 0 Å². The molecule has 8 nitrogen and oxygen atoms in total. The molecule has 0 atom stereocenters. The second-order valence-electron chi connectivity index (χ2n) is 5.43. The van der Waals surface area contributed by atoms with Crippen molar-refractivity contribution in [2.75, 3.05) is 40.3 Å². The molecule has 0 fully saturated rings. The van der Waals surface area contributed by atoms with E-state index in [0.29, 0.717) is 16.8 Å². The summed E-state index contributed by atoms with van der Waals surface area (Å²) in [5.41, 5.74) is 13.0. The lowest BCUT2D eigenvalue weighted by atomic mass is 10.2. The van der Waals surface area contributed by atoms with Crippen molar-refractivity contribution in [3.05, 3.63) is 23.5 Å². The van der Waals surface area contributed by atoms with Crippen molar-refractivity contribution in [1.29, 1.82) is 0 Å². The lowest BCUT2D eigenvalue weighted by Gasteiger charge is -2.17. The molecule has 134 valence electrons. The Morgan fingerprint density at radius 3 is 2.12 bits per heavy atom. The summed E-state index contributed by atoms with van der Waals surface area (Å²) in [4.78, 5) is 3.64. The highest BCUT2D eigenvalue weighted by Gasteiger charge is 2.02. The SMILES string of the molecule is CN(CCNCc1cnnc(CNCCN(C)C(N)=S)c1)C(N)=S. The summed E-state index contributed by atoms with van der Waals surface area (Å²) in [6.45, 7) is 4.44. The number of hydrogen-bond donors (Lipinski definition) is 4. The number of nitrogens with one attached hydrogen (secondary N) is 2. The predicted molar refractivity (Wildman–Crippen MR) is 104 cm³/mol. The molecule has 0 aromatic carbocycles. The minimum atomic E-state index is 0.394. The Morgan fingerprint density at radius 1 is 1.04 bits per heavy atom. The van der Waals surface area contributed by atoms with Crippen LogP contribution in [0.1, 0.15) is 11.3 Å². The van der Waals surface area contributed by atoms with Gasteiger partial charge < -0.3 is 31.9 Å². The molecule has 1 aromatic heterocycles. The zero-order valence-corrected chi connectivity index (χ0v) is 15.8. The fourth-order valence-electron chi connectivity index (χ4n) is 1.80. The fourth-order valence-corrected chi connectivity index (χ4v) is 1.99. The average Bonchev–Trinajstić information content (AvgIpc) is 2.55. The molecule has 0 radical (unpaired) electrons. The van der Waals surface area contributed by atoms with Crippen LogP contribution in [-0.4, -0.2) is 70.5 Å². The molecule has 0 aliphatic rings. The first-order valence-corrected chi connectivity index (χ1v) is 8.45. The maximum atomic E-state index is 5.53. The Balaban J connectivity index is 2.28. The minimum Gasteiger partial charge on any atom is -0.376 e. The van der Waals surface area contributed by atoms with Crippen LogP contribution >= 0.6 is 24.4 Å². The lowest BCUT2D eigenvalue weighted by molar-refractivity contribution is 0.481. The topological polar surface area (TPSA) is 108 Å². The van der Waals surface area contributed by atoms with Gasteiger partial charge in [0.1, 0.15) is 0 Å². The third-order valence-electron chi connectivity index (χ3n) is 3.40. The van der Waals surface area contributed by atoms with E-state index in [-0.39, 0.29) is 0 Å². The zero-order chi connectivity index (χ0) is 17.9. The molecule has 0 aliphatic heterocycles. The monoisotopic (exact) mass is 370 g/mol. The molecule has 10 heteroatoms. The van der Waals surface area contributed by atoms with E-state index in [0.717, 1.165) is 44.0 Å². The van der Waals surface area contributed by atoms with Gasteiger partial charge in [-0.15, -0.1) is 0 Å².